The molecule has 1 amide bonds. The van der Waals surface area contributed by atoms with Crippen LogP contribution in [0.2, 0.25) is 0 Å². The Kier molecular flexibility index (Phi) is 4.99. The van der Waals surface area contributed by atoms with E-state index in [-0.39, 0.29) is 5.91 Å². The van der Waals surface area contributed by atoms with Crippen LogP contribution in [0.1, 0.15) is 26.7 Å². The van der Waals surface area contributed by atoms with Crippen molar-refractivity contribution in [2.75, 3.05) is 11.9 Å². The fraction of sp³-hybridized carbons (Fsp3) is 0.533. The summed E-state index contributed by atoms with van der Waals surface area (Å²) < 4.78 is 0.909. The van der Waals surface area contributed by atoms with E-state index in [1.165, 1.54) is 12.8 Å². The molecule has 4 heteroatoms. The summed E-state index contributed by atoms with van der Waals surface area (Å²) >= 11 is 3.42. The van der Waals surface area contributed by atoms with Gasteiger partial charge in [0.05, 0.1) is 12.2 Å². The number of para-hydroxylation sites is 1. The van der Waals surface area contributed by atoms with Gasteiger partial charge in [0.15, 0.2) is 0 Å². The van der Waals surface area contributed by atoms with Crippen molar-refractivity contribution < 1.29 is 4.79 Å². The van der Waals surface area contributed by atoms with E-state index < -0.39 is 0 Å². The first kappa shape index (κ1) is 14.5. The third-order valence-corrected chi connectivity index (χ3v) is 4.83. The van der Waals surface area contributed by atoms with Crippen LogP contribution in [0.3, 0.4) is 0 Å². The van der Waals surface area contributed by atoms with E-state index in [0.717, 1.165) is 16.1 Å². The molecule has 1 saturated carbocycles. The smallest absolute Gasteiger partial charge is 0.238 e. The zero-order valence-corrected chi connectivity index (χ0v) is 13.0. The second-order valence-corrected chi connectivity index (χ2v) is 6.28. The number of hydrogen-bond donors (Lipinski definition) is 2. The summed E-state index contributed by atoms with van der Waals surface area (Å²) in [6.45, 7) is 4.93. The van der Waals surface area contributed by atoms with Gasteiger partial charge >= 0.3 is 0 Å². The molecule has 0 aliphatic heterocycles. The van der Waals surface area contributed by atoms with Gasteiger partial charge in [-0.05, 0) is 52.7 Å². The summed E-state index contributed by atoms with van der Waals surface area (Å²) in [6.07, 6.45) is 2.43. The van der Waals surface area contributed by atoms with Crippen molar-refractivity contribution in [2.24, 2.45) is 11.8 Å². The van der Waals surface area contributed by atoms with Crippen molar-refractivity contribution >= 4 is 27.5 Å². The lowest BCUT2D eigenvalue weighted by Crippen LogP contribution is -2.38. The second-order valence-electron chi connectivity index (χ2n) is 5.43. The maximum absolute atomic E-state index is 11.9. The van der Waals surface area contributed by atoms with Crippen LogP contribution in [0.15, 0.2) is 28.7 Å². The normalized spacial score (nSPS) is 26.4. The van der Waals surface area contributed by atoms with Crippen LogP contribution in [0.4, 0.5) is 5.69 Å². The van der Waals surface area contributed by atoms with Gasteiger partial charge in [0.25, 0.3) is 0 Å². The van der Waals surface area contributed by atoms with Crippen LogP contribution in [0, 0.1) is 11.8 Å². The molecule has 19 heavy (non-hydrogen) atoms. The van der Waals surface area contributed by atoms with Gasteiger partial charge in [-0.1, -0.05) is 26.0 Å². The minimum absolute atomic E-state index is 0.0126. The first-order valence-electron chi connectivity index (χ1n) is 6.85. The minimum atomic E-state index is 0.0126. The fourth-order valence-corrected chi connectivity index (χ4v) is 3.02. The van der Waals surface area contributed by atoms with Gasteiger partial charge in [0.1, 0.15) is 0 Å². The Balaban J connectivity index is 1.81. The van der Waals surface area contributed by atoms with Gasteiger partial charge in [0, 0.05) is 10.5 Å². The molecule has 1 aromatic rings. The largest absolute Gasteiger partial charge is 0.324 e. The highest BCUT2D eigenvalue weighted by atomic mass is 79.9. The van der Waals surface area contributed by atoms with Crippen LogP contribution in [-0.4, -0.2) is 18.5 Å². The molecular weight excluding hydrogens is 304 g/mol. The Hall–Kier alpha value is -0.870. The van der Waals surface area contributed by atoms with E-state index in [4.69, 9.17) is 0 Å². The first-order chi connectivity index (χ1) is 9.08. The topological polar surface area (TPSA) is 41.1 Å². The SMILES string of the molecule is CC1CCC(NCC(=O)Nc2ccccc2Br)C1C. The van der Waals surface area contributed by atoms with Gasteiger partial charge in [0.2, 0.25) is 5.91 Å². The number of carbonyl (C=O) groups is 1. The summed E-state index contributed by atoms with van der Waals surface area (Å²) in [5, 5.41) is 6.29. The average Bonchev–Trinajstić information content (AvgIpc) is 2.70. The molecule has 104 valence electrons. The number of amides is 1. The van der Waals surface area contributed by atoms with Crippen LogP contribution in [-0.2, 0) is 4.79 Å². The Morgan fingerprint density at radius 3 is 2.68 bits per heavy atom. The molecule has 0 bridgehead atoms. The number of nitrogens with one attached hydrogen (secondary N) is 2. The van der Waals surface area contributed by atoms with Crippen molar-refractivity contribution in [1.82, 2.24) is 5.32 Å². The van der Waals surface area contributed by atoms with Crippen LogP contribution < -0.4 is 10.6 Å². The van der Waals surface area contributed by atoms with Gasteiger partial charge < -0.3 is 10.6 Å². The van der Waals surface area contributed by atoms with Crippen LogP contribution in [0.25, 0.3) is 0 Å². The molecular formula is C15H21BrN2O. The van der Waals surface area contributed by atoms with Crippen molar-refractivity contribution in [3.63, 3.8) is 0 Å². The highest BCUT2D eigenvalue weighted by Crippen LogP contribution is 2.30. The van der Waals surface area contributed by atoms with Crippen molar-refractivity contribution in [2.45, 2.75) is 32.7 Å². The summed E-state index contributed by atoms with van der Waals surface area (Å²) in [5.74, 6) is 1.42. The average molecular weight is 325 g/mol. The van der Waals surface area contributed by atoms with E-state index in [2.05, 4.69) is 40.4 Å². The molecule has 2 N–H and O–H groups in total. The predicted molar refractivity (Wildman–Crippen MR) is 82.1 cm³/mol. The second kappa shape index (κ2) is 6.53. The summed E-state index contributed by atoms with van der Waals surface area (Å²) in [4.78, 5) is 11.9. The highest BCUT2D eigenvalue weighted by molar-refractivity contribution is 9.10. The Bertz CT molecular complexity index is 450. The summed E-state index contributed by atoms with van der Waals surface area (Å²) in [7, 11) is 0. The zero-order chi connectivity index (χ0) is 13.8. The lowest BCUT2D eigenvalue weighted by Gasteiger charge is -2.19. The lowest BCUT2D eigenvalue weighted by atomic mass is 9.98. The van der Waals surface area contributed by atoms with Crippen molar-refractivity contribution in [1.29, 1.82) is 0 Å². The van der Waals surface area contributed by atoms with Crippen molar-refractivity contribution in [3.05, 3.63) is 28.7 Å². The lowest BCUT2D eigenvalue weighted by molar-refractivity contribution is -0.115. The van der Waals surface area contributed by atoms with Crippen LogP contribution in [0.5, 0.6) is 0 Å². The number of carbonyl (C=O) groups excluding carboxylic acids is 1. The third kappa shape index (κ3) is 3.80. The van der Waals surface area contributed by atoms with E-state index in [0.29, 0.717) is 18.5 Å². The molecule has 1 aliphatic carbocycles. The molecule has 1 fully saturated rings. The molecule has 3 unspecified atom stereocenters. The predicted octanol–water partition coefficient (Wildman–Crippen LogP) is 3.41. The number of anilines is 1. The van der Waals surface area contributed by atoms with E-state index in [1.54, 1.807) is 0 Å². The quantitative estimate of drug-likeness (QED) is 0.891. The van der Waals surface area contributed by atoms with Gasteiger partial charge in [-0.3, -0.25) is 4.79 Å². The molecule has 2 rings (SSSR count). The number of benzene rings is 1. The Morgan fingerprint density at radius 1 is 1.32 bits per heavy atom. The molecule has 0 heterocycles. The minimum Gasteiger partial charge on any atom is -0.324 e. The maximum Gasteiger partial charge on any atom is 0.238 e. The van der Waals surface area contributed by atoms with E-state index in [9.17, 15) is 4.79 Å². The summed E-state index contributed by atoms with van der Waals surface area (Å²) in [6, 6.07) is 8.13. The van der Waals surface area contributed by atoms with E-state index in [1.807, 2.05) is 24.3 Å². The van der Waals surface area contributed by atoms with Crippen LogP contribution >= 0.6 is 15.9 Å². The van der Waals surface area contributed by atoms with Gasteiger partial charge in [-0.15, -0.1) is 0 Å². The Morgan fingerprint density at radius 2 is 2.05 bits per heavy atom. The molecule has 0 spiro atoms. The molecule has 0 radical (unpaired) electrons. The van der Waals surface area contributed by atoms with E-state index >= 15 is 0 Å². The number of halogens is 1. The first-order valence-corrected chi connectivity index (χ1v) is 7.65. The zero-order valence-electron chi connectivity index (χ0n) is 11.4. The maximum atomic E-state index is 11.9. The van der Waals surface area contributed by atoms with Crippen molar-refractivity contribution in [3.8, 4) is 0 Å². The monoisotopic (exact) mass is 324 g/mol. The highest BCUT2D eigenvalue weighted by Gasteiger charge is 2.29. The molecule has 3 nitrogen and oxygen atoms in total. The number of hydrogen-bond acceptors (Lipinski definition) is 2. The third-order valence-electron chi connectivity index (χ3n) is 4.14. The molecule has 1 aromatic carbocycles. The Labute approximate surface area is 123 Å². The fourth-order valence-electron chi connectivity index (χ4n) is 2.63. The van der Waals surface area contributed by atoms with Gasteiger partial charge in [-0.25, -0.2) is 0 Å². The summed E-state index contributed by atoms with van der Waals surface area (Å²) in [5.41, 5.74) is 0.821. The number of rotatable bonds is 4. The molecule has 0 saturated heterocycles. The molecule has 0 aromatic heterocycles. The standard InChI is InChI=1S/C15H21BrN2O/c1-10-7-8-13(11(10)2)17-9-15(19)18-14-6-4-3-5-12(14)16/h3-6,10-11,13,17H,7-9H2,1-2H3,(H,18,19). The molecule has 3 atom stereocenters. The van der Waals surface area contributed by atoms with Gasteiger partial charge in [-0.2, -0.15) is 0 Å². The molecule has 1 aliphatic rings.